The number of ether oxygens (including phenoxy) is 1. The Morgan fingerprint density at radius 3 is 2.39 bits per heavy atom. The molecule has 3 N–H and O–H groups in total. The fourth-order valence-electron chi connectivity index (χ4n) is 2.69. The van der Waals surface area contributed by atoms with Crippen LogP contribution in [-0.4, -0.2) is 22.4 Å². The first-order valence-corrected chi connectivity index (χ1v) is 6.61. The maximum Gasteiger partial charge on any atom is 0.348 e. The lowest BCUT2D eigenvalue weighted by Gasteiger charge is -2.05. The number of phenols is 3. The lowest BCUT2D eigenvalue weighted by atomic mass is 10.1. The zero-order valence-corrected chi connectivity index (χ0v) is 11.8. The van der Waals surface area contributed by atoms with Gasteiger partial charge in [0.1, 0.15) is 33.4 Å². The minimum absolute atomic E-state index is 0.104. The first kappa shape index (κ1) is 13.3. The Hall–Kier alpha value is -3.35. The summed E-state index contributed by atoms with van der Waals surface area (Å²) in [7, 11) is 1.41. The van der Waals surface area contributed by atoms with Crippen LogP contribution in [0.5, 0.6) is 23.0 Å². The molecule has 0 fully saturated rings. The number of aromatic hydroxyl groups is 3. The largest absolute Gasteiger partial charge is 0.508 e. The van der Waals surface area contributed by atoms with E-state index in [0.717, 1.165) is 0 Å². The van der Waals surface area contributed by atoms with Crippen molar-refractivity contribution in [2.75, 3.05) is 7.11 Å². The van der Waals surface area contributed by atoms with Crippen LogP contribution in [0.2, 0.25) is 0 Å². The molecular weight excluding hydrogens is 304 g/mol. The van der Waals surface area contributed by atoms with Gasteiger partial charge in [0.25, 0.3) is 0 Å². The van der Waals surface area contributed by atoms with E-state index < -0.39 is 5.63 Å². The molecule has 0 amide bonds. The van der Waals surface area contributed by atoms with E-state index in [2.05, 4.69) is 0 Å². The number of methoxy groups -OCH3 is 1. The van der Waals surface area contributed by atoms with Crippen molar-refractivity contribution in [3.63, 3.8) is 0 Å². The third kappa shape index (κ3) is 1.73. The van der Waals surface area contributed by atoms with E-state index in [1.807, 2.05) is 0 Å². The van der Waals surface area contributed by atoms with E-state index in [0.29, 0.717) is 10.8 Å². The minimum Gasteiger partial charge on any atom is -0.508 e. The fourth-order valence-corrected chi connectivity index (χ4v) is 2.69. The van der Waals surface area contributed by atoms with Gasteiger partial charge in [-0.1, -0.05) is 0 Å². The second kappa shape index (κ2) is 4.33. The van der Waals surface area contributed by atoms with Crippen molar-refractivity contribution in [2.24, 2.45) is 0 Å². The smallest absolute Gasteiger partial charge is 0.348 e. The number of hydrogen-bond donors (Lipinski definition) is 3. The predicted octanol–water partition coefficient (Wildman–Crippen LogP) is 2.82. The monoisotopic (exact) mass is 314 g/mol. The van der Waals surface area contributed by atoms with E-state index in [-0.39, 0.29) is 45.1 Å². The third-order valence-corrected chi connectivity index (χ3v) is 3.69. The van der Waals surface area contributed by atoms with E-state index in [1.165, 1.54) is 31.4 Å². The van der Waals surface area contributed by atoms with E-state index in [4.69, 9.17) is 13.6 Å². The molecule has 2 aromatic heterocycles. The van der Waals surface area contributed by atoms with Crippen molar-refractivity contribution in [3.05, 3.63) is 34.7 Å². The normalized spacial score (nSPS) is 11.5. The zero-order valence-electron chi connectivity index (χ0n) is 11.8. The van der Waals surface area contributed by atoms with Crippen LogP contribution in [0.4, 0.5) is 0 Å². The van der Waals surface area contributed by atoms with Gasteiger partial charge in [0.15, 0.2) is 17.1 Å². The van der Waals surface area contributed by atoms with Crippen molar-refractivity contribution in [1.29, 1.82) is 0 Å². The standard InChI is InChI=1S/C16H10O7/c1-21-11-2-6(17)3-12-14(11)15-13(16(20)23-12)7-4-8(18)9(19)5-10(7)22-15/h2-5,17-19H,1H3. The Balaban J connectivity index is 2.32. The molecule has 0 bridgehead atoms. The summed E-state index contributed by atoms with van der Waals surface area (Å²) in [4.78, 5) is 12.3. The summed E-state index contributed by atoms with van der Waals surface area (Å²) in [6, 6.07) is 5.08. The molecule has 116 valence electrons. The Morgan fingerprint density at radius 2 is 1.65 bits per heavy atom. The summed E-state index contributed by atoms with van der Waals surface area (Å²) in [5.74, 6) is -0.600. The maximum absolute atomic E-state index is 12.3. The highest BCUT2D eigenvalue weighted by molar-refractivity contribution is 6.15. The van der Waals surface area contributed by atoms with Gasteiger partial charge in [-0.05, 0) is 6.07 Å². The molecule has 0 unspecified atom stereocenters. The van der Waals surface area contributed by atoms with Gasteiger partial charge in [0.2, 0.25) is 0 Å². The Labute approximate surface area is 127 Å². The van der Waals surface area contributed by atoms with E-state index in [9.17, 15) is 20.1 Å². The molecule has 7 nitrogen and oxygen atoms in total. The Morgan fingerprint density at radius 1 is 0.913 bits per heavy atom. The molecular formula is C16H10O7. The average molecular weight is 314 g/mol. The molecule has 0 saturated carbocycles. The zero-order chi connectivity index (χ0) is 16.3. The van der Waals surface area contributed by atoms with Gasteiger partial charge >= 0.3 is 5.63 Å². The molecule has 7 heteroatoms. The van der Waals surface area contributed by atoms with Crippen molar-refractivity contribution < 1.29 is 28.9 Å². The van der Waals surface area contributed by atoms with Crippen LogP contribution >= 0.6 is 0 Å². The molecule has 0 atom stereocenters. The topological polar surface area (TPSA) is 113 Å². The molecule has 0 aliphatic rings. The number of fused-ring (bicyclic) bond motifs is 5. The fraction of sp³-hybridized carbons (Fsp3) is 0.0625. The highest BCUT2D eigenvalue weighted by atomic mass is 16.5. The number of hydrogen-bond acceptors (Lipinski definition) is 7. The Kier molecular flexibility index (Phi) is 2.51. The SMILES string of the molecule is COc1cc(O)cc2oc(=O)c3c4cc(O)c(O)cc4oc3c12. The first-order valence-electron chi connectivity index (χ1n) is 6.61. The average Bonchev–Trinajstić information content (AvgIpc) is 2.85. The predicted molar refractivity (Wildman–Crippen MR) is 81.3 cm³/mol. The molecule has 0 radical (unpaired) electrons. The molecule has 2 heterocycles. The molecule has 23 heavy (non-hydrogen) atoms. The summed E-state index contributed by atoms with van der Waals surface area (Å²) in [6.07, 6.45) is 0. The van der Waals surface area contributed by atoms with Gasteiger partial charge in [0, 0.05) is 23.6 Å². The number of phenolic OH excluding ortho intramolecular Hbond substituents is 3. The lowest BCUT2D eigenvalue weighted by Crippen LogP contribution is -1.99. The third-order valence-electron chi connectivity index (χ3n) is 3.69. The molecule has 4 rings (SSSR count). The van der Waals surface area contributed by atoms with Crippen LogP contribution in [0, 0.1) is 0 Å². The van der Waals surface area contributed by atoms with Crippen molar-refractivity contribution >= 4 is 32.9 Å². The number of rotatable bonds is 1. The van der Waals surface area contributed by atoms with Crippen molar-refractivity contribution in [1.82, 2.24) is 0 Å². The second-order valence-electron chi connectivity index (χ2n) is 5.05. The Bertz CT molecular complexity index is 1150. The summed E-state index contributed by atoms with van der Waals surface area (Å²) < 4.78 is 16.1. The van der Waals surface area contributed by atoms with Gasteiger partial charge in [-0.25, -0.2) is 4.79 Å². The van der Waals surface area contributed by atoms with E-state index in [1.54, 1.807) is 0 Å². The van der Waals surface area contributed by atoms with Crippen molar-refractivity contribution in [2.45, 2.75) is 0 Å². The minimum atomic E-state index is -0.691. The molecule has 0 aliphatic heterocycles. The summed E-state index contributed by atoms with van der Waals surface area (Å²) in [6.45, 7) is 0. The maximum atomic E-state index is 12.3. The van der Waals surface area contributed by atoms with Gasteiger partial charge in [-0.2, -0.15) is 0 Å². The quantitative estimate of drug-likeness (QED) is 0.365. The molecule has 0 saturated heterocycles. The van der Waals surface area contributed by atoms with Gasteiger partial charge in [-0.15, -0.1) is 0 Å². The second-order valence-corrected chi connectivity index (χ2v) is 5.05. The lowest BCUT2D eigenvalue weighted by molar-refractivity contribution is 0.404. The van der Waals surface area contributed by atoms with Crippen LogP contribution in [0.25, 0.3) is 32.9 Å². The van der Waals surface area contributed by atoms with Crippen LogP contribution in [0.15, 0.2) is 37.9 Å². The highest BCUT2D eigenvalue weighted by Gasteiger charge is 2.21. The van der Waals surface area contributed by atoms with Gasteiger partial charge in [-0.3, -0.25) is 0 Å². The number of furan rings is 1. The van der Waals surface area contributed by atoms with Crippen LogP contribution in [0.1, 0.15) is 0 Å². The number of benzene rings is 2. The highest BCUT2D eigenvalue weighted by Crippen LogP contribution is 2.40. The van der Waals surface area contributed by atoms with Gasteiger partial charge < -0.3 is 28.9 Å². The summed E-state index contributed by atoms with van der Waals surface area (Å²) >= 11 is 0. The van der Waals surface area contributed by atoms with Crippen LogP contribution in [0.3, 0.4) is 0 Å². The summed E-state index contributed by atoms with van der Waals surface area (Å²) in [5, 5.41) is 29.7. The van der Waals surface area contributed by atoms with E-state index >= 15 is 0 Å². The molecule has 2 aromatic carbocycles. The molecule has 0 aliphatic carbocycles. The van der Waals surface area contributed by atoms with Gasteiger partial charge in [0.05, 0.1) is 7.11 Å². The van der Waals surface area contributed by atoms with Crippen molar-refractivity contribution in [3.8, 4) is 23.0 Å². The summed E-state index contributed by atoms with van der Waals surface area (Å²) in [5.41, 5.74) is -0.186. The first-order chi connectivity index (χ1) is 11.0. The molecule has 0 spiro atoms. The molecule has 4 aromatic rings. The van der Waals surface area contributed by atoms with Crippen LogP contribution < -0.4 is 10.4 Å². The van der Waals surface area contributed by atoms with Crippen LogP contribution in [-0.2, 0) is 0 Å².